The highest BCUT2D eigenvalue weighted by molar-refractivity contribution is 7.89. The summed E-state index contributed by atoms with van der Waals surface area (Å²) in [7, 11) is -1.91. The van der Waals surface area contributed by atoms with Gasteiger partial charge in [0.1, 0.15) is 0 Å². The first-order chi connectivity index (χ1) is 7.46. The van der Waals surface area contributed by atoms with Gasteiger partial charge in [-0.25, -0.2) is 13.1 Å². The van der Waals surface area contributed by atoms with Crippen LogP contribution < -0.4 is 10.0 Å². The van der Waals surface area contributed by atoms with Crippen LogP contribution >= 0.6 is 11.3 Å². The van der Waals surface area contributed by atoms with Gasteiger partial charge >= 0.3 is 0 Å². The van der Waals surface area contributed by atoms with Crippen molar-refractivity contribution in [2.24, 2.45) is 0 Å². The fraction of sp³-hybridized carbons (Fsp3) is 0.444. The molecule has 0 atom stereocenters. The Bertz CT molecular complexity index is 465. The van der Waals surface area contributed by atoms with E-state index in [1.165, 1.54) is 18.4 Å². The molecular formula is C9H14N2O3S2. The normalized spacial score (nSPS) is 11.4. The minimum atomic E-state index is -3.26. The molecule has 0 radical (unpaired) electrons. The van der Waals surface area contributed by atoms with Crippen molar-refractivity contribution < 1.29 is 13.2 Å². The second-order valence-electron chi connectivity index (χ2n) is 3.21. The smallest absolute Gasteiger partial charge is 0.261 e. The lowest BCUT2D eigenvalue weighted by Gasteiger charge is -2.04. The monoisotopic (exact) mass is 262 g/mol. The van der Waals surface area contributed by atoms with Crippen molar-refractivity contribution in [1.29, 1.82) is 0 Å². The molecule has 1 amide bonds. The second-order valence-corrected chi connectivity index (χ2v) is 6.17. The van der Waals surface area contributed by atoms with Crippen LogP contribution in [0.4, 0.5) is 0 Å². The Balaban J connectivity index is 2.46. The first-order valence-corrected chi connectivity index (χ1v) is 7.23. The van der Waals surface area contributed by atoms with Gasteiger partial charge in [-0.1, -0.05) is 0 Å². The SMILES string of the molecule is CNS(=O)(=O)CCNC(=O)c1sccc1C. The van der Waals surface area contributed by atoms with E-state index in [-0.39, 0.29) is 18.2 Å². The van der Waals surface area contributed by atoms with E-state index in [1.54, 1.807) is 0 Å². The summed E-state index contributed by atoms with van der Waals surface area (Å²) < 4.78 is 24.3. The highest BCUT2D eigenvalue weighted by Crippen LogP contribution is 2.14. The van der Waals surface area contributed by atoms with Crippen LogP contribution in [0.2, 0.25) is 0 Å². The lowest BCUT2D eigenvalue weighted by Crippen LogP contribution is -2.32. The molecule has 7 heteroatoms. The molecule has 0 aliphatic heterocycles. The van der Waals surface area contributed by atoms with Gasteiger partial charge in [-0.05, 0) is 31.0 Å². The lowest BCUT2D eigenvalue weighted by molar-refractivity contribution is 0.0959. The van der Waals surface area contributed by atoms with Gasteiger partial charge in [0.05, 0.1) is 10.6 Å². The summed E-state index contributed by atoms with van der Waals surface area (Å²) in [4.78, 5) is 12.2. The molecule has 2 N–H and O–H groups in total. The fourth-order valence-corrected chi connectivity index (χ4v) is 2.50. The van der Waals surface area contributed by atoms with Crippen molar-refractivity contribution in [2.75, 3.05) is 19.3 Å². The van der Waals surface area contributed by atoms with Gasteiger partial charge in [0.25, 0.3) is 5.91 Å². The van der Waals surface area contributed by atoms with Crippen molar-refractivity contribution in [1.82, 2.24) is 10.0 Å². The molecule has 16 heavy (non-hydrogen) atoms. The standard InChI is InChI=1S/C9H14N2O3S2/c1-7-3-5-15-8(7)9(12)11-4-6-16(13,14)10-2/h3,5,10H,4,6H2,1-2H3,(H,11,12). The van der Waals surface area contributed by atoms with Crippen LogP contribution in [0, 0.1) is 6.92 Å². The van der Waals surface area contributed by atoms with E-state index in [0.717, 1.165) is 5.56 Å². The van der Waals surface area contributed by atoms with Crippen LogP contribution in [-0.2, 0) is 10.0 Å². The fourth-order valence-electron chi connectivity index (χ4n) is 1.09. The first-order valence-electron chi connectivity index (χ1n) is 4.70. The summed E-state index contributed by atoms with van der Waals surface area (Å²) in [5, 5.41) is 4.40. The van der Waals surface area contributed by atoms with Crippen molar-refractivity contribution in [2.45, 2.75) is 6.92 Å². The summed E-state index contributed by atoms with van der Waals surface area (Å²) in [6.45, 7) is 1.95. The molecule has 1 heterocycles. The average molecular weight is 262 g/mol. The molecular weight excluding hydrogens is 248 g/mol. The third-order valence-corrected chi connectivity index (χ3v) is 4.41. The zero-order valence-corrected chi connectivity index (χ0v) is 10.7. The molecule has 0 spiro atoms. The zero-order valence-electron chi connectivity index (χ0n) is 9.11. The summed E-state index contributed by atoms with van der Waals surface area (Å²) in [5.74, 6) is -0.335. The highest BCUT2D eigenvalue weighted by atomic mass is 32.2. The Kier molecular flexibility index (Phi) is 4.45. The number of hydrogen-bond donors (Lipinski definition) is 2. The topological polar surface area (TPSA) is 75.3 Å². The van der Waals surface area contributed by atoms with Crippen LogP contribution in [-0.4, -0.2) is 33.7 Å². The van der Waals surface area contributed by atoms with Crippen molar-refractivity contribution in [3.05, 3.63) is 21.9 Å². The molecule has 0 fully saturated rings. The summed E-state index contributed by atoms with van der Waals surface area (Å²) in [5.41, 5.74) is 0.902. The predicted octanol–water partition coefficient (Wildman–Crippen LogP) is 0.336. The first kappa shape index (κ1) is 13.1. The number of carbonyl (C=O) groups is 1. The van der Waals surface area contributed by atoms with E-state index < -0.39 is 10.0 Å². The molecule has 0 saturated heterocycles. The zero-order chi connectivity index (χ0) is 12.2. The Morgan fingerprint density at radius 1 is 1.50 bits per heavy atom. The van der Waals surface area contributed by atoms with E-state index in [9.17, 15) is 13.2 Å². The predicted molar refractivity (Wildman–Crippen MR) is 64.2 cm³/mol. The molecule has 0 unspecified atom stereocenters. The van der Waals surface area contributed by atoms with Gasteiger partial charge in [0.15, 0.2) is 0 Å². The second kappa shape index (κ2) is 5.42. The van der Waals surface area contributed by atoms with Crippen LogP contribution in [0.15, 0.2) is 11.4 Å². The third-order valence-electron chi connectivity index (χ3n) is 2.04. The van der Waals surface area contributed by atoms with Gasteiger partial charge < -0.3 is 5.32 Å². The van der Waals surface area contributed by atoms with E-state index in [0.29, 0.717) is 4.88 Å². The number of rotatable bonds is 5. The van der Waals surface area contributed by atoms with Gasteiger partial charge in [-0.2, -0.15) is 0 Å². The van der Waals surface area contributed by atoms with Crippen LogP contribution in [0.25, 0.3) is 0 Å². The lowest BCUT2D eigenvalue weighted by atomic mass is 10.3. The number of nitrogens with one attached hydrogen (secondary N) is 2. The molecule has 1 rings (SSSR count). The quantitative estimate of drug-likeness (QED) is 0.803. The third kappa shape index (κ3) is 3.58. The van der Waals surface area contributed by atoms with Gasteiger partial charge in [0.2, 0.25) is 10.0 Å². The molecule has 1 aromatic rings. The molecule has 0 aliphatic rings. The van der Waals surface area contributed by atoms with Crippen molar-refractivity contribution >= 4 is 27.3 Å². The maximum Gasteiger partial charge on any atom is 0.261 e. The van der Waals surface area contributed by atoms with Crippen molar-refractivity contribution in [3.8, 4) is 0 Å². The maximum absolute atomic E-state index is 11.6. The van der Waals surface area contributed by atoms with E-state index in [2.05, 4.69) is 10.0 Å². The summed E-state index contributed by atoms with van der Waals surface area (Å²) >= 11 is 1.34. The Morgan fingerprint density at radius 3 is 2.69 bits per heavy atom. The molecule has 0 bridgehead atoms. The number of sulfonamides is 1. The summed E-state index contributed by atoms with van der Waals surface area (Å²) in [6.07, 6.45) is 0. The molecule has 0 aliphatic carbocycles. The van der Waals surface area contributed by atoms with Gasteiger partial charge in [-0.3, -0.25) is 4.79 Å². The van der Waals surface area contributed by atoms with Crippen molar-refractivity contribution in [3.63, 3.8) is 0 Å². The Morgan fingerprint density at radius 2 is 2.19 bits per heavy atom. The molecule has 0 aromatic carbocycles. The minimum Gasteiger partial charge on any atom is -0.350 e. The van der Waals surface area contributed by atoms with Crippen LogP contribution in [0.1, 0.15) is 15.2 Å². The van der Waals surface area contributed by atoms with E-state index >= 15 is 0 Å². The molecule has 90 valence electrons. The van der Waals surface area contributed by atoms with E-state index in [4.69, 9.17) is 0 Å². The van der Waals surface area contributed by atoms with Crippen LogP contribution in [0.5, 0.6) is 0 Å². The number of amides is 1. The average Bonchev–Trinajstić information content (AvgIpc) is 2.64. The largest absolute Gasteiger partial charge is 0.350 e. The number of carbonyl (C=O) groups excluding carboxylic acids is 1. The molecule has 1 aromatic heterocycles. The Hall–Kier alpha value is -0.920. The Labute approximate surface area is 98.9 Å². The number of hydrogen-bond acceptors (Lipinski definition) is 4. The number of thiophene rings is 1. The molecule has 5 nitrogen and oxygen atoms in total. The molecule has 0 saturated carbocycles. The van der Waals surface area contributed by atoms with E-state index in [1.807, 2.05) is 18.4 Å². The maximum atomic E-state index is 11.6. The highest BCUT2D eigenvalue weighted by Gasteiger charge is 2.11. The van der Waals surface area contributed by atoms with Gasteiger partial charge in [0, 0.05) is 6.54 Å². The van der Waals surface area contributed by atoms with Gasteiger partial charge in [-0.15, -0.1) is 11.3 Å². The number of aryl methyl sites for hydroxylation is 1. The summed E-state index contributed by atoms with van der Waals surface area (Å²) in [6, 6.07) is 1.85. The van der Waals surface area contributed by atoms with Crippen LogP contribution in [0.3, 0.4) is 0 Å². The minimum absolute atomic E-state index is 0.110.